The molecule has 0 aliphatic heterocycles. The lowest BCUT2D eigenvalue weighted by Gasteiger charge is -2.25. The molecule has 1 aromatic carbocycles. The van der Waals surface area contributed by atoms with Gasteiger partial charge in [-0.3, -0.25) is 0 Å². The molecule has 1 N–H and O–H groups in total. The number of alkyl halides is 3. The monoisotopic (exact) mass is 298 g/mol. The lowest BCUT2D eigenvalue weighted by atomic mass is 10.0. The number of nitrogens with one attached hydrogen (secondary N) is 1. The highest BCUT2D eigenvalue weighted by atomic mass is 19.4. The molecule has 0 heterocycles. The molecule has 2 saturated carbocycles. The van der Waals surface area contributed by atoms with Gasteiger partial charge in [0.05, 0.1) is 5.56 Å². The fourth-order valence-corrected chi connectivity index (χ4v) is 2.74. The van der Waals surface area contributed by atoms with Crippen LogP contribution in [0.3, 0.4) is 0 Å². The van der Waals surface area contributed by atoms with Crippen LogP contribution in [0.4, 0.5) is 18.9 Å². The van der Waals surface area contributed by atoms with Crippen molar-refractivity contribution in [3.8, 4) is 0 Å². The first-order chi connectivity index (χ1) is 9.99. The Labute approximate surface area is 123 Å². The summed E-state index contributed by atoms with van der Waals surface area (Å²) in [5, 5.41) is 3.17. The Morgan fingerprint density at radius 1 is 1.19 bits per heavy atom. The molecular weight excluding hydrogens is 277 g/mol. The average molecular weight is 298 g/mol. The Morgan fingerprint density at radius 2 is 1.90 bits per heavy atom. The lowest BCUT2D eigenvalue weighted by Crippen LogP contribution is -2.26. The first-order valence-corrected chi connectivity index (χ1v) is 7.69. The van der Waals surface area contributed by atoms with Gasteiger partial charge in [0, 0.05) is 30.9 Å². The first-order valence-electron chi connectivity index (χ1n) is 7.69. The highest BCUT2D eigenvalue weighted by molar-refractivity contribution is 5.53. The largest absolute Gasteiger partial charge is 0.416 e. The maximum atomic E-state index is 13.3. The maximum absolute atomic E-state index is 13.3. The standard InChI is InChI=1S/C16H21F3N2/c1-2-21(13-7-8-13)14-6-3-11(10-20-12-4-5-12)15(9-14)16(17,18)19/h3,6,9,12-13,20H,2,4-5,7-8,10H2,1H3. The molecule has 2 nitrogen and oxygen atoms in total. The third-order valence-corrected chi connectivity index (χ3v) is 4.22. The van der Waals surface area contributed by atoms with Crippen molar-refractivity contribution in [2.75, 3.05) is 11.4 Å². The summed E-state index contributed by atoms with van der Waals surface area (Å²) in [6.07, 6.45) is 0.0232. The van der Waals surface area contributed by atoms with Crippen LogP contribution in [-0.4, -0.2) is 18.6 Å². The maximum Gasteiger partial charge on any atom is 0.416 e. The van der Waals surface area contributed by atoms with Gasteiger partial charge in [-0.05, 0) is 50.3 Å². The number of rotatable bonds is 6. The summed E-state index contributed by atoms with van der Waals surface area (Å²) in [5.74, 6) is 0. The topological polar surface area (TPSA) is 15.3 Å². The van der Waals surface area contributed by atoms with E-state index in [1.165, 1.54) is 6.07 Å². The summed E-state index contributed by atoms with van der Waals surface area (Å²) < 4.78 is 39.9. The minimum Gasteiger partial charge on any atom is -0.369 e. The van der Waals surface area contributed by atoms with Crippen molar-refractivity contribution >= 4 is 5.69 Å². The minimum atomic E-state index is -4.29. The Balaban J connectivity index is 1.85. The van der Waals surface area contributed by atoms with Crippen LogP contribution in [0.15, 0.2) is 18.2 Å². The summed E-state index contributed by atoms with van der Waals surface area (Å²) in [6, 6.07) is 5.63. The second kappa shape index (κ2) is 5.52. The first kappa shape index (κ1) is 14.7. The average Bonchev–Trinajstić information content (AvgIpc) is 3.30. The predicted molar refractivity (Wildman–Crippen MR) is 77.3 cm³/mol. The normalized spacial score (nSPS) is 18.9. The minimum absolute atomic E-state index is 0.301. The van der Waals surface area contributed by atoms with Gasteiger partial charge in [0.1, 0.15) is 0 Å². The molecule has 5 heteroatoms. The summed E-state index contributed by atoms with van der Waals surface area (Å²) in [4.78, 5) is 2.08. The second-order valence-electron chi connectivity index (χ2n) is 6.01. The number of hydrogen-bond acceptors (Lipinski definition) is 2. The third kappa shape index (κ3) is 3.51. The molecule has 2 fully saturated rings. The molecule has 0 bridgehead atoms. The van der Waals surface area contributed by atoms with Crippen LogP contribution in [-0.2, 0) is 12.7 Å². The zero-order valence-corrected chi connectivity index (χ0v) is 12.2. The zero-order chi connectivity index (χ0) is 15.0. The van der Waals surface area contributed by atoms with Gasteiger partial charge >= 0.3 is 6.18 Å². The van der Waals surface area contributed by atoms with Crippen molar-refractivity contribution < 1.29 is 13.2 Å². The van der Waals surface area contributed by atoms with E-state index in [1.54, 1.807) is 6.07 Å². The molecule has 1 aromatic rings. The van der Waals surface area contributed by atoms with E-state index < -0.39 is 11.7 Å². The van der Waals surface area contributed by atoms with E-state index in [-0.39, 0.29) is 0 Å². The van der Waals surface area contributed by atoms with Crippen LogP contribution in [0.2, 0.25) is 0 Å². The van der Waals surface area contributed by atoms with E-state index in [0.29, 0.717) is 29.9 Å². The molecule has 0 amide bonds. The van der Waals surface area contributed by atoms with Crippen molar-refractivity contribution in [2.45, 2.75) is 57.4 Å². The second-order valence-corrected chi connectivity index (χ2v) is 6.01. The van der Waals surface area contributed by atoms with Crippen LogP contribution in [0.1, 0.15) is 43.7 Å². The molecule has 0 radical (unpaired) electrons. The van der Waals surface area contributed by atoms with E-state index >= 15 is 0 Å². The van der Waals surface area contributed by atoms with E-state index in [0.717, 1.165) is 32.2 Å². The zero-order valence-electron chi connectivity index (χ0n) is 12.2. The number of anilines is 1. The van der Waals surface area contributed by atoms with Crippen molar-refractivity contribution in [1.29, 1.82) is 0 Å². The summed E-state index contributed by atoms with van der Waals surface area (Å²) in [7, 11) is 0. The highest BCUT2D eigenvalue weighted by Crippen LogP contribution is 2.37. The number of halogens is 3. The van der Waals surface area contributed by atoms with Gasteiger partial charge < -0.3 is 10.2 Å². The molecule has 2 aliphatic rings. The third-order valence-electron chi connectivity index (χ3n) is 4.22. The van der Waals surface area contributed by atoms with E-state index in [9.17, 15) is 13.2 Å². The molecule has 2 aliphatic carbocycles. The Bertz CT molecular complexity index is 505. The van der Waals surface area contributed by atoms with Crippen molar-refractivity contribution in [1.82, 2.24) is 5.32 Å². The molecule has 0 atom stereocenters. The summed E-state index contributed by atoms with van der Waals surface area (Å²) in [6.45, 7) is 3.05. The summed E-state index contributed by atoms with van der Waals surface area (Å²) in [5.41, 5.74) is 0.555. The van der Waals surface area contributed by atoms with E-state index in [4.69, 9.17) is 0 Å². The summed E-state index contributed by atoms with van der Waals surface area (Å²) >= 11 is 0. The Kier molecular flexibility index (Phi) is 3.86. The quantitative estimate of drug-likeness (QED) is 0.855. The molecule has 116 valence electrons. The smallest absolute Gasteiger partial charge is 0.369 e. The Morgan fingerprint density at radius 3 is 2.43 bits per heavy atom. The van der Waals surface area contributed by atoms with Gasteiger partial charge in [0.25, 0.3) is 0 Å². The van der Waals surface area contributed by atoms with Crippen LogP contribution in [0.25, 0.3) is 0 Å². The number of nitrogens with zero attached hydrogens (tertiary/aromatic N) is 1. The predicted octanol–water partition coefficient (Wildman–Crippen LogP) is 3.95. The molecular formula is C16H21F3N2. The van der Waals surface area contributed by atoms with Crippen LogP contribution >= 0.6 is 0 Å². The SMILES string of the molecule is CCN(c1ccc(CNC2CC2)c(C(F)(F)F)c1)C1CC1. The lowest BCUT2D eigenvalue weighted by molar-refractivity contribution is -0.138. The van der Waals surface area contributed by atoms with Gasteiger partial charge in [-0.1, -0.05) is 6.07 Å². The molecule has 0 unspecified atom stereocenters. The number of benzene rings is 1. The van der Waals surface area contributed by atoms with E-state index in [2.05, 4.69) is 10.2 Å². The van der Waals surface area contributed by atoms with Gasteiger partial charge in [0.2, 0.25) is 0 Å². The molecule has 0 spiro atoms. The van der Waals surface area contributed by atoms with Gasteiger partial charge in [-0.25, -0.2) is 0 Å². The highest BCUT2D eigenvalue weighted by Gasteiger charge is 2.35. The van der Waals surface area contributed by atoms with Crippen LogP contribution < -0.4 is 10.2 Å². The van der Waals surface area contributed by atoms with Crippen molar-refractivity contribution in [2.24, 2.45) is 0 Å². The Hall–Kier alpha value is -1.23. The van der Waals surface area contributed by atoms with Crippen molar-refractivity contribution in [3.05, 3.63) is 29.3 Å². The fourth-order valence-electron chi connectivity index (χ4n) is 2.74. The molecule has 0 saturated heterocycles. The van der Waals surface area contributed by atoms with Crippen LogP contribution in [0, 0.1) is 0 Å². The van der Waals surface area contributed by atoms with Crippen molar-refractivity contribution in [3.63, 3.8) is 0 Å². The molecule has 0 aromatic heterocycles. The van der Waals surface area contributed by atoms with Crippen LogP contribution in [0.5, 0.6) is 0 Å². The molecule has 3 rings (SSSR count). The van der Waals surface area contributed by atoms with Gasteiger partial charge in [-0.2, -0.15) is 13.2 Å². The van der Waals surface area contributed by atoms with E-state index in [1.807, 2.05) is 13.0 Å². The fraction of sp³-hybridized carbons (Fsp3) is 0.625. The van der Waals surface area contributed by atoms with Gasteiger partial charge in [-0.15, -0.1) is 0 Å². The molecule has 21 heavy (non-hydrogen) atoms. The number of hydrogen-bond donors (Lipinski definition) is 1. The van der Waals surface area contributed by atoms with Gasteiger partial charge in [0.15, 0.2) is 0 Å².